The summed E-state index contributed by atoms with van der Waals surface area (Å²) in [5.74, 6) is 0.604. The Morgan fingerprint density at radius 1 is 1.50 bits per heavy atom. The number of hydrogen-bond acceptors (Lipinski definition) is 4. The van der Waals surface area contributed by atoms with E-state index in [1.165, 1.54) is 4.52 Å². The summed E-state index contributed by atoms with van der Waals surface area (Å²) in [6, 6.07) is 1.70. The standard InChI is InChI=1S/C6H6ClN5/c1-3-2-4(7)12-6(9-3)10-5(8)11-12/h2H,1H3,(H2,8,11). The van der Waals surface area contributed by atoms with Crippen molar-refractivity contribution in [1.29, 1.82) is 0 Å². The third-order valence-corrected chi connectivity index (χ3v) is 1.68. The van der Waals surface area contributed by atoms with E-state index in [1.807, 2.05) is 6.92 Å². The van der Waals surface area contributed by atoms with Crippen molar-refractivity contribution in [2.24, 2.45) is 0 Å². The van der Waals surface area contributed by atoms with Gasteiger partial charge in [-0.3, -0.25) is 0 Å². The molecule has 0 amide bonds. The number of aryl methyl sites for hydroxylation is 1. The molecule has 0 bridgehead atoms. The topological polar surface area (TPSA) is 69.1 Å². The first-order valence-corrected chi connectivity index (χ1v) is 3.70. The summed E-state index contributed by atoms with van der Waals surface area (Å²) >= 11 is 5.84. The molecule has 2 heterocycles. The Bertz CT molecular complexity index is 435. The number of aromatic nitrogens is 4. The molecule has 2 aromatic rings. The van der Waals surface area contributed by atoms with Crippen LogP contribution in [0.5, 0.6) is 0 Å². The molecule has 0 aromatic carbocycles. The normalized spacial score (nSPS) is 10.8. The van der Waals surface area contributed by atoms with Gasteiger partial charge < -0.3 is 5.73 Å². The van der Waals surface area contributed by atoms with E-state index in [0.717, 1.165) is 5.69 Å². The second-order valence-corrected chi connectivity index (χ2v) is 2.79. The van der Waals surface area contributed by atoms with Gasteiger partial charge in [-0.05, 0) is 13.0 Å². The molecule has 0 aliphatic rings. The molecule has 0 unspecified atom stereocenters. The van der Waals surface area contributed by atoms with Crippen LogP contribution < -0.4 is 5.73 Å². The highest BCUT2D eigenvalue weighted by Crippen LogP contribution is 2.11. The summed E-state index contributed by atoms with van der Waals surface area (Å²) in [6.45, 7) is 1.83. The fraction of sp³-hybridized carbons (Fsp3) is 0.167. The van der Waals surface area contributed by atoms with Gasteiger partial charge in [0.1, 0.15) is 5.15 Å². The molecule has 2 rings (SSSR count). The van der Waals surface area contributed by atoms with Crippen molar-refractivity contribution < 1.29 is 0 Å². The first-order chi connectivity index (χ1) is 5.66. The lowest BCUT2D eigenvalue weighted by molar-refractivity contribution is 0.934. The van der Waals surface area contributed by atoms with Crippen LogP contribution in [0.25, 0.3) is 5.78 Å². The Hall–Kier alpha value is -1.36. The first kappa shape index (κ1) is 7.30. The number of nitrogen functional groups attached to an aromatic ring is 1. The number of hydrogen-bond donors (Lipinski definition) is 1. The third kappa shape index (κ3) is 0.984. The van der Waals surface area contributed by atoms with E-state index in [2.05, 4.69) is 15.1 Å². The molecule has 2 N–H and O–H groups in total. The predicted octanol–water partition coefficient (Wildman–Crippen LogP) is 0.668. The van der Waals surface area contributed by atoms with Crippen molar-refractivity contribution in [2.45, 2.75) is 6.92 Å². The molecule has 0 spiro atoms. The number of anilines is 1. The van der Waals surface area contributed by atoms with Gasteiger partial charge in [-0.1, -0.05) is 11.6 Å². The Kier molecular flexibility index (Phi) is 1.41. The molecule has 0 aliphatic carbocycles. The Morgan fingerprint density at radius 2 is 2.25 bits per heavy atom. The van der Waals surface area contributed by atoms with Crippen LogP contribution in [0.2, 0.25) is 5.15 Å². The zero-order valence-corrected chi connectivity index (χ0v) is 7.08. The average Bonchev–Trinajstić information content (AvgIpc) is 2.29. The molecule has 0 saturated carbocycles. The molecule has 0 fully saturated rings. The Balaban J connectivity index is 2.88. The maximum absolute atomic E-state index is 5.84. The van der Waals surface area contributed by atoms with Gasteiger partial charge in [0.2, 0.25) is 5.95 Å². The van der Waals surface area contributed by atoms with Gasteiger partial charge in [-0.25, -0.2) is 4.98 Å². The molecule has 0 radical (unpaired) electrons. The number of nitrogens with zero attached hydrogens (tertiary/aromatic N) is 4. The average molecular weight is 184 g/mol. The molecule has 0 aliphatic heterocycles. The number of halogens is 1. The molecule has 0 atom stereocenters. The fourth-order valence-corrected chi connectivity index (χ4v) is 1.23. The Labute approximate surface area is 73.2 Å². The van der Waals surface area contributed by atoms with E-state index < -0.39 is 0 Å². The van der Waals surface area contributed by atoms with Crippen LogP contribution in [0.15, 0.2) is 6.07 Å². The smallest absolute Gasteiger partial charge is 0.255 e. The summed E-state index contributed by atoms with van der Waals surface area (Å²) in [7, 11) is 0. The SMILES string of the molecule is Cc1cc(Cl)n2nc(N)nc2n1. The summed E-state index contributed by atoms with van der Waals surface area (Å²) in [5, 5.41) is 4.30. The fourth-order valence-electron chi connectivity index (χ4n) is 0.959. The Morgan fingerprint density at radius 3 is 3.00 bits per heavy atom. The third-order valence-electron chi connectivity index (χ3n) is 1.41. The summed E-state index contributed by atoms with van der Waals surface area (Å²) in [6.07, 6.45) is 0. The van der Waals surface area contributed by atoms with E-state index in [0.29, 0.717) is 10.9 Å². The van der Waals surface area contributed by atoms with Gasteiger partial charge >= 0.3 is 0 Å². The molecular formula is C6H6ClN5. The maximum atomic E-state index is 5.84. The quantitative estimate of drug-likeness (QED) is 0.610. The van der Waals surface area contributed by atoms with Crippen molar-refractivity contribution in [1.82, 2.24) is 19.6 Å². The lowest BCUT2D eigenvalue weighted by Crippen LogP contribution is -1.94. The number of rotatable bonds is 0. The predicted molar refractivity (Wildman–Crippen MR) is 44.9 cm³/mol. The summed E-state index contributed by atoms with van der Waals surface area (Å²) in [5.41, 5.74) is 6.16. The minimum atomic E-state index is 0.176. The van der Waals surface area contributed by atoms with Gasteiger partial charge in [-0.2, -0.15) is 9.50 Å². The molecular weight excluding hydrogens is 178 g/mol. The van der Waals surface area contributed by atoms with Crippen LogP contribution in [-0.2, 0) is 0 Å². The van der Waals surface area contributed by atoms with E-state index in [-0.39, 0.29) is 5.95 Å². The second kappa shape index (κ2) is 2.31. The minimum absolute atomic E-state index is 0.176. The van der Waals surface area contributed by atoms with E-state index in [9.17, 15) is 0 Å². The van der Waals surface area contributed by atoms with Crippen LogP contribution in [0.1, 0.15) is 5.69 Å². The van der Waals surface area contributed by atoms with Gasteiger partial charge in [-0.15, -0.1) is 5.10 Å². The molecule has 6 heteroatoms. The van der Waals surface area contributed by atoms with Crippen LogP contribution >= 0.6 is 11.6 Å². The van der Waals surface area contributed by atoms with Crippen LogP contribution in [0, 0.1) is 6.92 Å². The van der Waals surface area contributed by atoms with Crippen molar-refractivity contribution in [3.8, 4) is 0 Å². The highest BCUT2D eigenvalue weighted by atomic mass is 35.5. The van der Waals surface area contributed by atoms with Crippen LogP contribution in [0.3, 0.4) is 0 Å². The first-order valence-electron chi connectivity index (χ1n) is 3.32. The molecule has 12 heavy (non-hydrogen) atoms. The van der Waals surface area contributed by atoms with E-state index >= 15 is 0 Å². The molecule has 5 nitrogen and oxygen atoms in total. The molecule has 62 valence electrons. The highest BCUT2D eigenvalue weighted by molar-refractivity contribution is 6.29. The van der Waals surface area contributed by atoms with E-state index in [4.69, 9.17) is 17.3 Å². The van der Waals surface area contributed by atoms with Crippen LogP contribution in [0.4, 0.5) is 5.95 Å². The zero-order chi connectivity index (χ0) is 8.72. The van der Waals surface area contributed by atoms with Gasteiger partial charge in [0.25, 0.3) is 5.78 Å². The maximum Gasteiger partial charge on any atom is 0.255 e. The highest BCUT2D eigenvalue weighted by Gasteiger charge is 2.04. The molecule has 0 saturated heterocycles. The van der Waals surface area contributed by atoms with Crippen LogP contribution in [-0.4, -0.2) is 19.6 Å². The number of nitrogens with two attached hydrogens (primary N) is 1. The lowest BCUT2D eigenvalue weighted by Gasteiger charge is -1.94. The summed E-state index contributed by atoms with van der Waals surface area (Å²) in [4.78, 5) is 7.95. The van der Waals surface area contributed by atoms with Crippen molar-refractivity contribution >= 4 is 23.3 Å². The largest absolute Gasteiger partial charge is 0.366 e. The van der Waals surface area contributed by atoms with Gasteiger partial charge in [0.15, 0.2) is 0 Å². The molecule has 2 aromatic heterocycles. The van der Waals surface area contributed by atoms with Crippen molar-refractivity contribution in [2.75, 3.05) is 5.73 Å². The van der Waals surface area contributed by atoms with Gasteiger partial charge in [0.05, 0.1) is 0 Å². The number of fused-ring (bicyclic) bond motifs is 1. The second-order valence-electron chi connectivity index (χ2n) is 2.40. The van der Waals surface area contributed by atoms with Gasteiger partial charge in [0, 0.05) is 5.69 Å². The minimum Gasteiger partial charge on any atom is -0.366 e. The van der Waals surface area contributed by atoms with Crippen molar-refractivity contribution in [3.05, 3.63) is 16.9 Å². The zero-order valence-electron chi connectivity index (χ0n) is 6.32. The van der Waals surface area contributed by atoms with E-state index in [1.54, 1.807) is 6.07 Å². The van der Waals surface area contributed by atoms with Crippen molar-refractivity contribution in [3.63, 3.8) is 0 Å². The monoisotopic (exact) mass is 183 g/mol. The lowest BCUT2D eigenvalue weighted by atomic mass is 10.5. The summed E-state index contributed by atoms with van der Waals surface area (Å²) < 4.78 is 1.39.